The molecule has 0 aromatic heterocycles. The van der Waals surface area contributed by atoms with E-state index in [0.717, 1.165) is 57.4 Å². The number of hydrogen-bond acceptors (Lipinski definition) is 5. The van der Waals surface area contributed by atoms with E-state index in [-0.39, 0.29) is 0 Å². The number of aliphatic hydroxyl groups is 1. The molecule has 0 saturated carbocycles. The third-order valence-corrected chi connectivity index (χ3v) is 5.29. The summed E-state index contributed by atoms with van der Waals surface area (Å²) in [6.45, 7) is 5.38. The lowest BCUT2D eigenvalue weighted by Gasteiger charge is -2.22. The molecule has 0 unspecified atom stereocenters. The highest BCUT2D eigenvalue weighted by Crippen LogP contribution is 2.15. The van der Waals surface area contributed by atoms with Crippen molar-refractivity contribution in [2.45, 2.75) is 32.0 Å². The first kappa shape index (κ1) is 21.8. The van der Waals surface area contributed by atoms with Crippen LogP contribution in [0.25, 0.3) is 0 Å². The number of ether oxygens (including phenoxy) is 2. The van der Waals surface area contributed by atoms with Gasteiger partial charge in [0.2, 0.25) is 0 Å². The van der Waals surface area contributed by atoms with Gasteiger partial charge < -0.3 is 19.9 Å². The van der Waals surface area contributed by atoms with Gasteiger partial charge in [-0.05, 0) is 55.6 Å². The molecule has 1 aliphatic rings. The van der Waals surface area contributed by atoms with Crippen molar-refractivity contribution >= 4 is 0 Å². The molecule has 1 aliphatic heterocycles. The summed E-state index contributed by atoms with van der Waals surface area (Å²) in [5.74, 6) is 1.52. The van der Waals surface area contributed by atoms with E-state index in [1.807, 2.05) is 37.4 Å². The van der Waals surface area contributed by atoms with Gasteiger partial charge in [0, 0.05) is 32.8 Å². The molecule has 1 atom stereocenters. The zero-order valence-corrected chi connectivity index (χ0v) is 17.4. The zero-order valence-electron chi connectivity index (χ0n) is 17.4. The van der Waals surface area contributed by atoms with Crippen molar-refractivity contribution in [1.29, 1.82) is 0 Å². The Labute approximate surface area is 174 Å². The topological polar surface area (TPSA) is 54.0 Å². The number of aliphatic hydroxyl groups excluding tert-OH is 1. The summed E-state index contributed by atoms with van der Waals surface area (Å²) in [6.07, 6.45) is 1.79. The highest BCUT2D eigenvalue weighted by molar-refractivity contribution is 5.27. The Bertz CT molecular complexity index is 687. The average Bonchev–Trinajstić information content (AvgIpc) is 2.74. The molecule has 1 saturated heterocycles. The van der Waals surface area contributed by atoms with Crippen LogP contribution >= 0.6 is 0 Å². The zero-order chi connectivity index (χ0) is 20.3. The molecule has 0 bridgehead atoms. The minimum atomic E-state index is -0.524. The second kappa shape index (κ2) is 11.9. The molecule has 0 spiro atoms. The van der Waals surface area contributed by atoms with Crippen LogP contribution in [0, 0.1) is 5.92 Å². The molecule has 2 aromatic carbocycles. The van der Waals surface area contributed by atoms with E-state index in [4.69, 9.17) is 9.47 Å². The maximum absolute atomic E-state index is 10.3. The molecule has 0 radical (unpaired) electrons. The fourth-order valence-corrected chi connectivity index (χ4v) is 3.64. The van der Waals surface area contributed by atoms with Crippen molar-refractivity contribution in [2.24, 2.45) is 5.92 Å². The van der Waals surface area contributed by atoms with Gasteiger partial charge in [0.1, 0.15) is 18.5 Å². The summed E-state index contributed by atoms with van der Waals surface area (Å²) in [7, 11) is 2.01. The van der Waals surface area contributed by atoms with Crippen LogP contribution in [0.1, 0.15) is 24.0 Å². The minimum absolute atomic E-state index is 0.292. The third-order valence-electron chi connectivity index (χ3n) is 5.29. The van der Waals surface area contributed by atoms with E-state index < -0.39 is 6.10 Å². The van der Waals surface area contributed by atoms with Gasteiger partial charge in [0.15, 0.2) is 0 Å². The van der Waals surface area contributed by atoms with Crippen molar-refractivity contribution in [3.63, 3.8) is 0 Å². The Morgan fingerprint density at radius 3 is 2.52 bits per heavy atom. The molecule has 5 heteroatoms. The maximum Gasteiger partial charge on any atom is 0.119 e. The van der Waals surface area contributed by atoms with Gasteiger partial charge in [-0.3, -0.25) is 4.90 Å². The van der Waals surface area contributed by atoms with Gasteiger partial charge in [0.05, 0.1) is 0 Å². The molecule has 1 fully saturated rings. The minimum Gasteiger partial charge on any atom is -0.491 e. The Hall–Kier alpha value is -1.92. The van der Waals surface area contributed by atoms with Crippen LogP contribution in [0.4, 0.5) is 0 Å². The number of nitrogens with one attached hydrogen (secondary N) is 1. The van der Waals surface area contributed by atoms with Gasteiger partial charge in [-0.25, -0.2) is 0 Å². The van der Waals surface area contributed by atoms with Crippen LogP contribution in [0.2, 0.25) is 0 Å². The van der Waals surface area contributed by atoms with E-state index in [1.165, 1.54) is 11.1 Å². The maximum atomic E-state index is 10.3. The number of likely N-dealkylation sites (N-methyl/N-ethyl adjacent to an activating group) is 1. The molecule has 0 aliphatic carbocycles. The summed E-state index contributed by atoms with van der Waals surface area (Å²) in [5, 5.41) is 13.8. The van der Waals surface area contributed by atoms with Gasteiger partial charge in [-0.15, -0.1) is 0 Å². The fraction of sp³-hybridized carbons (Fsp3) is 0.500. The predicted octanol–water partition coefficient (Wildman–Crippen LogP) is 3.07. The molecular weight excluding hydrogens is 364 g/mol. The van der Waals surface area contributed by atoms with Crippen molar-refractivity contribution in [3.05, 3.63) is 65.7 Å². The lowest BCUT2D eigenvalue weighted by atomic mass is 10.0. The molecule has 5 nitrogen and oxygen atoms in total. The predicted molar refractivity (Wildman–Crippen MR) is 116 cm³/mol. The first-order chi connectivity index (χ1) is 14.2. The van der Waals surface area contributed by atoms with E-state index in [0.29, 0.717) is 13.2 Å². The second-order valence-electron chi connectivity index (χ2n) is 7.98. The smallest absolute Gasteiger partial charge is 0.119 e. The third kappa shape index (κ3) is 8.15. The summed E-state index contributed by atoms with van der Waals surface area (Å²) in [4.78, 5) is 2.11. The molecule has 0 amide bonds. The van der Waals surface area contributed by atoms with Gasteiger partial charge >= 0.3 is 0 Å². The number of benzene rings is 2. The summed E-state index contributed by atoms with van der Waals surface area (Å²) in [6, 6.07) is 18.4. The largest absolute Gasteiger partial charge is 0.491 e. The second-order valence-corrected chi connectivity index (χ2v) is 7.98. The van der Waals surface area contributed by atoms with Crippen molar-refractivity contribution in [1.82, 2.24) is 10.2 Å². The van der Waals surface area contributed by atoms with E-state index in [9.17, 15) is 5.11 Å². The van der Waals surface area contributed by atoms with E-state index in [1.54, 1.807) is 0 Å². The SMILES string of the molecule is CN(Cc1ccccc1)C[C@H](O)COc1ccc(CNCC2CCOCC2)cc1. The molecule has 2 aromatic rings. The van der Waals surface area contributed by atoms with Crippen LogP contribution in [-0.2, 0) is 17.8 Å². The molecule has 3 rings (SSSR count). The lowest BCUT2D eigenvalue weighted by molar-refractivity contribution is 0.0662. The average molecular weight is 399 g/mol. The molecule has 2 N–H and O–H groups in total. The highest BCUT2D eigenvalue weighted by Gasteiger charge is 2.13. The van der Waals surface area contributed by atoms with Gasteiger partial charge in [-0.1, -0.05) is 42.5 Å². The van der Waals surface area contributed by atoms with Crippen LogP contribution in [0.5, 0.6) is 5.75 Å². The number of hydrogen-bond donors (Lipinski definition) is 2. The van der Waals surface area contributed by atoms with Crippen molar-refractivity contribution in [2.75, 3.05) is 40.0 Å². The molecule has 1 heterocycles. The molecule has 158 valence electrons. The molecule has 29 heavy (non-hydrogen) atoms. The van der Waals surface area contributed by atoms with Crippen LogP contribution < -0.4 is 10.1 Å². The van der Waals surface area contributed by atoms with Crippen LogP contribution in [-0.4, -0.2) is 56.1 Å². The monoisotopic (exact) mass is 398 g/mol. The summed E-state index contributed by atoms with van der Waals surface area (Å²) in [5.41, 5.74) is 2.48. The Kier molecular flexibility index (Phi) is 8.96. The summed E-state index contributed by atoms with van der Waals surface area (Å²) >= 11 is 0. The van der Waals surface area contributed by atoms with E-state index >= 15 is 0 Å². The Morgan fingerprint density at radius 1 is 1.07 bits per heavy atom. The Morgan fingerprint density at radius 2 is 1.79 bits per heavy atom. The number of nitrogens with zero attached hydrogens (tertiary/aromatic N) is 1. The standard InChI is InChI=1S/C24H34N2O3/c1-26(17-22-5-3-2-4-6-22)18-23(27)19-29-24-9-7-20(8-10-24)15-25-16-21-11-13-28-14-12-21/h2-10,21,23,25,27H,11-19H2,1H3/t23-/m0/s1. The first-order valence-corrected chi connectivity index (χ1v) is 10.6. The van der Waals surface area contributed by atoms with Crippen molar-refractivity contribution in [3.8, 4) is 5.75 Å². The normalized spacial score (nSPS) is 16.1. The van der Waals surface area contributed by atoms with Crippen LogP contribution in [0.15, 0.2) is 54.6 Å². The summed E-state index contributed by atoms with van der Waals surface area (Å²) < 4.78 is 11.2. The quantitative estimate of drug-likeness (QED) is 0.609. The molecular formula is C24H34N2O3. The highest BCUT2D eigenvalue weighted by atomic mass is 16.5. The Balaban J connectivity index is 1.32. The lowest BCUT2D eigenvalue weighted by Crippen LogP contribution is -2.32. The van der Waals surface area contributed by atoms with Gasteiger partial charge in [0.25, 0.3) is 0 Å². The van der Waals surface area contributed by atoms with Gasteiger partial charge in [-0.2, -0.15) is 0 Å². The van der Waals surface area contributed by atoms with Crippen molar-refractivity contribution < 1.29 is 14.6 Å². The number of rotatable bonds is 11. The van der Waals surface area contributed by atoms with E-state index in [2.05, 4.69) is 34.5 Å². The first-order valence-electron chi connectivity index (χ1n) is 10.6. The van der Waals surface area contributed by atoms with Crippen LogP contribution in [0.3, 0.4) is 0 Å². The fourth-order valence-electron chi connectivity index (χ4n) is 3.64.